The van der Waals surface area contributed by atoms with Gasteiger partial charge in [-0.05, 0) is 22.4 Å². The van der Waals surface area contributed by atoms with Crippen LogP contribution >= 0.6 is 11.3 Å². The molecule has 0 saturated carbocycles. The van der Waals surface area contributed by atoms with Crippen molar-refractivity contribution in [2.24, 2.45) is 0 Å². The maximum Gasteiger partial charge on any atom is 0.227 e. The van der Waals surface area contributed by atoms with Gasteiger partial charge < -0.3 is 10.0 Å². The van der Waals surface area contributed by atoms with Gasteiger partial charge in [0.15, 0.2) is 0 Å². The molecule has 15 heavy (non-hydrogen) atoms. The van der Waals surface area contributed by atoms with Crippen molar-refractivity contribution >= 4 is 17.2 Å². The summed E-state index contributed by atoms with van der Waals surface area (Å²) in [6.07, 6.45) is 2.07. The number of aliphatic hydroxyl groups excluding tert-OH is 1. The minimum Gasteiger partial charge on any atom is -0.395 e. The Hall–Kier alpha value is -1.13. The Kier molecular flexibility index (Phi) is 5.07. The van der Waals surface area contributed by atoms with Gasteiger partial charge in [0, 0.05) is 13.1 Å². The zero-order valence-corrected chi connectivity index (χ0v) is 9.37. The first-order valence-corrected chi connectivity index (χ1v) is 5.72. The van der Waals surface area contributed by atoms with Gasteiger partial charge >= 0.3 is 0 Å². The van der Waals surface area contributed by atoms with Crippen molar-refractivity contribution in [3.05, 3.63) is 35.0 Å². The van der Waals surface area contributed by atoms with Crippen LogP contribution in [0.3, 0.4) is 0 Å². The highest BCUT2D eigenvalue weighted by Gasteiger charge is 2.11. The number of rotatable bonds is 6. The molecule has 0 atom stereocenters. The van der Waals surface area contributed by atoms with Crippen LogP contribution in [0.15, 0.2) is 29.5 Å². The smallest absolute Gasteiger partial charge is 0.227 e. The Morgan fingerprint density at radius 3 is 3.00 bits per heavy atom. The maximum absolute atomic E-state index is 11.8. The summed E-state index contributed by atoms with van der Waals surface area (Å²) in [6.45, 7) is 4.44. The summed E-state index contributed by atoms with van der Waals surface area (Å²) in [5.74, 6) is 0.0300. The van der Waals surface area contributed by atoms with Gasteiger partial charge in [-0.2, -0.15) is 11.3 Å². The van der Waals surface area contributed by atoms with Crippen LogP contribution in [-0.4, -0.2) is 35.6 Å². The lowest BCUT2D eigenvalue weighted by Gasteiger charge is -2.19. The molecule has 0 aromatic carbocycles. The molecular formula is C11H15NO2S. The highest BCUT2D eigenvalue weighted by atomic mass is 32.1. The van der Waals surface area contributed by atoms with Crippen molar-refractivity contribution < 1.29 is 9.90 Å². The van der Waals surface area contributed by atoms with Gasteiger partial charge in [0.2, 0.25) is 5.91 Å². The van der Waals surface area contributed by atoms with E-state index in [1.54, 1.807) is 22.3 Å². The molecule has 4 heteroatoms. The molecule has 1 aromatic heterocycles. The average Bonchev–Trinajstić information content (AvgIpc) is 2.70. The molecule has 0 radical (unpaired) electrons. The van der Waals surface area contributed by atoms with Crippen LogP contribution in [-0.2, 0) is 11.2 Å². The number of carbonyl (C=O) groups excluding carboxylic acids is 1. The monoisotopic (exact) mass is 225 g/mol. The quantitative estimate of drug-likeness (QED) is 0.741. The van der Waals surface area contributed by atoms with E-state index in [2.05, 4.69) is 6.58 Å². The maximum atomic E-state index is 11.8. The summed E-state index contributed by atoms with van der Waals surface area (Å²) in [5, 5.41) is 12.7. The van der Waals surface area contributed by atoms with E-state index in [9.17, 15) is 4.79 Å². The van der Waals surface area contributed by atoms with E-state index in [1.165, 1.54) is 0 Å². The van der Waals surface area contributed by atoms with E-state index < -0.39 is 0 Å². The summed E-state index contributed by atoms with van der Waals surface area (Å²) >= 11 is 1.58. The second kappa shape index (κ2) is 6.37. The molecule has 3 nitrogen and oxygen atoms in total. The molecule has 1 aromatic rings. The molecule has 0 spiro atoms. The fourth-order valence-corrected chi connectivity index (χ4v) is 1.94. The fourth-order valence-electron chi connectivity index (χ4n) is 1.27. The second-order valence-corrected chi connectivity index (χ2v) is 3.94. The molecular weight excluding hydrogens is 210 g/mol. The number of amides is 1. The Morgan fingerprint density at radius 2 is 2.47 bits per heavy atom. The minimum absolute atomic E-state index is 0.0107. The predicted molar refractivity (Wildman–Crippen MR) is 61.9 cm³/mol. The van der Waals surface area contributed by atoms with Crippen molar-refractivity contribution in [2.75, 3.05) is 19.7 Å². The predicted octanol–water partition coefficient (Wildman–Crippen LogP) is 1.30. The molecule has 0 fully saturated rings. The molecule has 1 N–H and O–H groups in total. The van der Waals surface area contributed by atoms with E-state index in [0.717, 1.165) is 5.56 Å². The third-order valence-electron chi connectivity index (χ3n) is 2.01. The van der Waals surface area contributed by atoms with E-state index in [4.69, 9.17) is 5.11 Å². The third-order valence-corrected chi connectivity index (χ3v) is 2.74. The van der Waals surface area contributed by atoms with Crippen LogP contribution in [0.4, 0.5) is 0 Å². The average molecular weight is 225 g/mol. The van der Waals surface area contributed by atoms with E-state index in [0.29, 0.717) is 19.5 Å². The first kappa shape index (κ1) is 11.9. The molecule has 0 unspecified atom stereocenters. The second-order valence-electron chi connectivity index (χ2n) is 3.16. The summed E-state index contributed by atoms with van der Waals surface area (Å²) < 4.78 is 0. The van der Waals surface area contributed by atoms with Crippen molar-refractivity contribution in [1.29, 1.82) is 0 Å². The van der Waals surface area contributed by atoms with Crippen LogP contribution in [0.2, 0.25) is 0 Å². The van der Waals surface area contributed by atoms with Crippen molar-refractivity contribution in [2.45, 2.75) is 6.42 Å². The number of hydrogen-bond acceptors (Lipinski definition) is 3. The number of aliphatic hydroxyl groups is 1. The highest BCUT2D eigenvalue weighted by molar-refractivity contribution is 7.07. The molecule has 0 bridgehead atoms. The lowest BCUT2D eigenvalue weighted by Crippen LogP contribution is -2.34. The summed E-state index contributed by atoms with van der Waals surface area (Å²) in [5.41, 5.74) is 1.03. The standard InChI is InChI=1S/C11H15NO2S/c1-2-4-12(5-6-13)11(14)8-10-3-7-15-9-10/h2-3,7,9,13H,1,4-6,8H2. The fraction of sp³-hybridized carbons (Fsp3) is 0.364. The Balaban J connectivity index is 2.52. The molecule has 0 aliphatic heterocycles. The van der Waals surface area contributed by atoms with Crippen molar-refractivity contribution in [3.63, 3.8) is 0 Å². The molecule has 1 amide bonds. The van der Waals surface area contributed by atoms with E-state index >= 15 is 0 Å². The third kappa shape index (κ3) is 3.85. The topological polar surface area (TPSA) is 40.5 Å². The normalized spacial score (nSPS) is 9.93. The van der Waals surface area contributed by atoms with Gasteiger partial charge in [0.05, 0.1) is 13.0 Å². The van der Waals surface area contributed by atoms with Crippen LogP contribution in [0, 0.1) is 0 Å². The van der Waals surface area contributed by atoms with Crippen molar-refractivity contribution in [3.8, 4) is 0 Å². The number of carbonyl (C=O) groups is 1. The zero-order valence-electron chi connectivity index (χ0n) is 8.56. The first-order chi connectivity index (χ1) is 7.27. The van der Waals surface area contributed by atoms with Gasteiger partial charge in [0.25, 0.3) is 0 Å². The summed E-state index contributed by atoms with van der Waals surface area (Å²) in [4.78, 5) is 13.4. The SMILES string of the molecule is C=CCN(CCO)C(=O)Cc1ccsc1. The number of nitrogens with zero attached hydrogens (tertiary/aromatic N) is 1. The van der Waals surface area contributed by atoms with Crippen LogP contribution in [0.25, 0.3) is 0 Å². The van der Waals surface area contributed by atoms with Gasteiger partial charge in [-0.1, -0.05) is 6.08 Å². The lowest BCUT2D eigenvalue weighted by molar-refractivity contribution is -0.130. The first-order valence-electron chi connectivity index (χ1n) is 4.78. The van der Waals surface area contributed by atoms with E-state index in [1.807, 2.05) is 16.8 Å². The summed E-state index contributed by atoms with van der Waals surface area (Å²) in [7, 11) is 0. The Bertz CT molecular complexity index is 308. The van der Waals surface area contributed by atoms with Crippen LogP contribution in [0.5, 0.6) is 0 Å². The Labute approximate surface area is 93.7 Å². The molecule has 1 heterocycles. The van der Waals surface area contributed by atoms with E-state index in [-0.39, 0.29) is 12.5 Å². The van der Waals surface area contributed by atoms with Gasteiger partial charge in [-0.25, -0.2) is 0 Å². The zero-order chi connectivity index (χ0) is 11.1. The molecule has 0 saturated heterocycles. The van der Waals surface area contributed by atoms with Gasteiger partial charge in [0.1, 0.15) is 0 Å². The Morgan fingerprint density at radius 1 is 1.67 bits per heavy atom. The largest absolute Gasteiger partial charge is 0.395 e. The van der Waals surface area contributed by atoms with Gasteiger partial charge in [-0.15, -0.1) is 6.58 Å². The van der Waals surface area contributed by atoms with Crippen LogP contribution in [0.1, 0.15) is 5.56 Å². The molecule has 0 aliphatic rings. The number of thiophene rings is 1. The summed E-state index contributed by atoms with van der Waals surface area (Å²) in [6, 6.07) is 1.94. The molecule has 82 valence electrons. The van der Waals surface area contributed by atoms with Crippen molar-refractivity contribution in [1.82, 2.24) is 4.90 Å². The molecule has 0 aliphatic carbocycles. The van der Waals surface area contributed by atoms with Gasteiger partial charge in [-0.3, -0.25) is 4.79 Å². The van der Waals surface area contributed by atoms with Crippen LogP contribution < -0.4 is 0 Å². The number of hydrogen-bond donors (Lipinski definition) is 1. The molecule has 1 rings (SSSR count). The lowest BCUT2D eigenvalue weighted by atomic mass is 10.2. The minimum atomic E-state index is -0.0107. The highest BCUT2D eigenvalue weighted by Crippen LogP contribution is 2.08.